The van der Waals surface area contributed by atoms with Gasteiger partial charge in [0.15, 0.2) is 0 Å². The summed E-state index contributed by atoms with van der Waals surface area (Å²) < 4.78 is 6.57. The molecule has 4 rings (SSSR count). The van der Waals surface area contributed by atoms with Crippen molar-refractivity contribution in [1.82, 2.24) is 20.2 Å². The molecule has 1 spiro atoms. The number of nitrogens with zero attached hydrogens (tertiary/aromatic N) is 3. The predicted octanol–water partition coefficient (Wildman–Crippen LogP) is 2.45. The van der Waals surface area contributed by atoms with Crippen molar-refractivity contribution in [2.24, 2.45) is 0 Å². The van der Waals surface area contributed by atoms with Crippen molar-refractivity contribution in [3.8, 4) is 5.75 Å². The van der Waals surface area contributed by atoms with E-state index >= 15 is 0 Å². The highest BCUT2D eigenvalue weighted by Crippen LogP contribution is 2.38. The molecular weight excluding hydrogens is 354 g/mol. The Morgan fingerprint density at radius 3 is 2.57 bits per heavy atom. The van der Waals surface area contributed by atoms with E-state index < -0.39 is 0 Å². The van der Waals surface area contributed by atoms with Crippen LogP contribution in [0.2, 0.25) is 0 Å². The molecule has 1 amide bonds. The number of amides is 1. The molecule has 7 nitrogen and oxygen atoms in total. The lowest BCUT2D eigenvalue weighted by Crippen LogP contribution is -2.51. The first-order valence-electron chi connectivity index (χ1n) is 9.86. The Labute approximate surface area is 165 Å². The average molecular weight is 381 g/mol. The Kier molecular flexibility index (Phi) is 5.17. The van der Waals surface area contributed by atoms with Gasteiger partial charge >= 0.3 is 0 Å². The molecule has 1 aliphatic carbocycles. The molecule has 148 valence electrons. The fourth-order valence-electron chi connectivity index (χ4n) is 4.20. The van der Waals surface area contributed by atoms with Crippen LogP contribution in [0.3, 0.4) is 0 Å². The van der Waals surface area contributed by atoms with Crippen molar-refractivity contribution in [2.45, 2.75) is 43.9 Å². The molecule has 2 heterocycles. The van der Waals surface area contributed by atoms with Crippen LogP contribution in [-0.2, 0) is 6.54 Å². The van der Waals surface area contributed by atoms with E-state index in [1.54, 1.807) is 19.4 Å². The first kappa shape index (κ1) is 18.7. The molecule has 2 N–H and O–H groups in total. The normalized spacial score (nSPS) is 24.2. The number of benzene rings is 1. The summed E-state index contributed by atoms with van der Waals surface area (Å²) in [5.74, 6) is 1.34. The molecule has 0 radical (unpaired) electrons. The summed E-state index contributed by atoms with van der Waals surface area (Å²) in [6.45, 7) is 1.10. The molecular formula is C21H27N5O2. The third-order valence-corrected chi connectivity index (χ3v) is 5.85. The molecule has 1 aromatic heterocycles. The van der Waals surface area contributed by atoms with E-state index in [1.165, 1.54) is 0 Å². The van der Waals surface area contributed by atoms with Crippen LogP contribution in [0.15, 0.2) is 36.7 Å². The monoisotopic (exact) mass is 381 g/mol. The summed E-state index contributed by atoms with van der Waals surface area (Å²) >= 11 is 0. The summed E-state index contributed by atoms with van der Waals surface area (Å²) in [4.78, 5) is 23.6. The van der Waals surface area contributed by atoms with Gasteiger partial charge < -0.3 is 20.3 Å². The van der Waals surface area contributed by atoms with Gasteiger partial charge in [0.05, 0.1) is 12.1 Å². The Bertz CT molecular complexity index is 831. The Hall–Kier alpha value is -2.67. The van der Waals surface area contributed by atoms with Crippen molar-refractivity contribution in [3.63, 3.8) is 0 Å². The average Bonchev–Trinajstić information content (AvgIpc) is 2.90. The second-order valence-corrected chi connectivity index (χ2v) is 7.66. The van der Waals surface area contributed by atoms with Crippen LogP contribution in [0.1, 0.15) is 41.6 Å². The van der Waals surface area contributed by atoms with Crippen molar-refractivity contribution < 1.29 is 9.53 Å². The quantitative estimate of drug-likeness (QED) is 0.850. The fourth-order valence-corrected chi connectivity index (χ4v) is 4.20. The van der Waals surface area contributed by atoms with E-state index in [4.69, 9.17) is 4.74 Å². The lowest BCUT2D eigenvalue weighted by Gasteiger charge is -2.41. The minimum atomic E-state index is -0.346. The number of para-hydroxylation sites is 1. The van der Waals surface area contributed by atoms with E-state index in [2.05, 4.69) is 20.6 Å². The molecule has 0 saturated heterocycles. The van der Waals surface area contributed by atoms with Gasteiger partial charge in [-0.15, -0.1) is 0 Å². The number of rotatable bonds is 3. The highest BCUT2D eigenvalue weighted by atomic mass is 16.5. The Balaban J connectivity index is 1.63. The third kappa shape index (κ3) is 3.67. The van der Waals surface area contributed by atoms with Crippen LogP contribution < -0.4 is 15.4 Å². The number of nitrogens with one attached hydrogen (secondary N) is 2. The topological polar surface area (TPSA) is 79.4 Å². The zero-order valence-corrected chi connectivity index (χ0v) is 16.4. The molecule has 1 saturated carbocycles. The first-order valence-corrected chi connectivity index (χ1v) is 9.86. The number of anilines is 1. The minimum Gasteiger partial charge on any atom is -0.485 e. The van der Waals surface area contributed by atoms with Crippen LogP contribution in [0, 0.1) is 0 Å². The van der Waals surface area contributed by atoms with Gasteiger partial charge in [0.25, 0.3) is 5.91 Å². The van der Waals surface area contributed by atoms with Crippen LogP contribution in [0.25, 0.3) is 0 Å². The Morgan fingerprint density at radius 2 is 1.89 bits per heavy atom. The smallest absolute Gasteiger partial charge is 0.257 e. The van der Waals surface area contributed by atoms with E-state index in [0.29, 0.717) is 30.6 Å². The van der Waals surface area contributed by atoms with Crippen molar-refractivity contribution in [2.75, 3.05) is 26.0 Å². The summed E-state index contributed by atoms with van der Waals surface area (Å²) in [5.41, 5.74) is 1.19. The maximum absolute atomic E-state index is 13.3. The molecule has 28 heavy (non-hydrogen) atoms. The summed E-state index contributed by atoms with van der Waals surface area (Å²) in [6.07, 6.45) is 7.10. The van der Waals surface area contributed by atoms with Gasteiger partial charge in [-0.1, -0.05) is 18.2 Å². The van der Waals surface area contributed by atoms with Gasteiger partial charge in [-0.2, -0.15) is 0 Å². The first-order chi connectivity index (χ1) is 13.6. The molecule has 0 bridgehead atoms. The number of carbonyl (C=O) groups is 1. The van der Waals surface area contributed by atoms with Gasteiger partial charge in [0.1, 0.15) is 11.4 Å². The molecule has 0 atom stereocenters. The zero-order valence-electron chi connectivity index (χ0n) is 16.4. The van der Waals surface area contributed by atoms with Gasteiger partial charge in [0.2, 0.25) is 5.95 Å². The van der Waals surface area contributed by atoms with Crippen LogP contribution >= 0.6 is 0 Å². The standard InChI is InChI=1S/C21H27N5O2/c1-22-17-7-9-21(10-8-17)14-26(13-15-5-3-4-6-18(15)28-21)19(27)16-11-24-20(23-2)25-12-16/h3-6,11-12,17,22H,7-10,13-14H2,1-2H3,(H,23,24,25). The predicted molar refractivity (Wildman–Crippen MR) is 107 cm³/mol. The fraction of sp³-hybridized carbons (Fsp3) is 0.476. The molecule has 2 aromatic rings. The van der Waals surface area contributed by atoms with Crippen molar-refractivity contribution >= 4 is 11.9 Å². The van der Waals surface area contributed by atoms with E-state index in [1.807, 2.05) is 36.2 Å². The highest BCUT2D eigenvalue weighted by molar-refractivity contribution is 5.93. The summed E-state index contributed by atoms with van der Waals surface area (Å²) in [6, 6.07) is 8.55. The molecule has 0 unspecified atom stereocenters. The third-order valence-electron chi connectivity index (χ3n) is 5.85. The van der Waals surface area contributed by atoms with E-state index in [9.17, 15) is 4.79 Å². The summed E-state index contributed by atoms with van der Waals surface area (Å²) in [7, 11) is 3.77. The lowest BCUT2D eigenvalue weighted by atomic mass is 9.81. The van der Waals surface area contributed by atoms with Crippen molar-refractivity contribution in [1.29, 1.82) is 0 Å². The number of hydrogen-bond donors (Lipinski definition) is 2. The number of fused-ring (bicyclic) bond motifs is 1. The number of carbonyl (C=O) groups excluding carboxylic acids is 1. The maximum atomic E-state index is 13.3. The van der Waals surface area contributed by atoms with E-state index in [-0.39, 0.29) is 11.5 Å². The number of aromatic nitrogens is 2. The number of hydrogen-bond acceptors (Lipinski definition) is 6. The molecule has 7 heteroatoms. The van der Waals surface area contributed by atoms with Gasteiger partial charge in [-0.25, -0.2) is 9.97 Å². The molecule has 2 aliphatic rings. The zero-order chi connectivity index (χ0) is 19.6. The lowest BCUT2D eigenvalue weighted by molar-refractivity contribution is 0.000410. The van der Waals surface area contributed by atoms with Gasteiger partial charge in [-0.3, -0.25) is 4.79 Å². The van der Waals surface area contributed by atoms with E-state index in [0.717, 1.165) is 37.0 Å². The largest absolute Gasteiger partial charge is 0.485 e. The van der Waals surface area contributed by atoms with Crippen LogP contribution in [0.4, 0.5) is 5.95 Å². The van der Waals surface area contributed by atoms with Gasteiger partial charge in [0, 0.05) is 37.6 Å². The Morgan fingerprint density at radius 1 is 1.18 bits per heavy atom. The molecule has 1 fully saturated rings. The van der Waals surface area contributed by atoms with Crippen LogP contribution in [0.5, 0.6) is 5.75 Å². The van der Waals surface area contributed by atoms with Crippen molar-refractivity contribution in [3.05, 3.63) is 47.8 Å². The summed E-state index contributed by atoms with van der Waals surface area (Å²) in [5, 5.41) is 6.25. The second-order valence-electron chi connectivity index (χ2n) is 7.66. The SMILES string of the molecule is CNc1ncc(C(=O)N2Cc3ccccc3OC3(CCC(NC)CC3)C2)cn1. The maximum Gasteiger partial charge on any atom is 0.257 e. The highest BCUT2D eigenvalue weighted by Gasteiger charge is 2.42. The second kappa shape index (κ2) is 7.75. The number of ether oxygens (including phenoxy) is 1. The minimum absolute atomic E-state index is 0.0573. The van der Waals surface area contributed by atoms with Crippen LogP contribution in [-0.4, -0.2) is 53.1 Å². The molecule has 1 aromatic carbocycles. The van der Waals surface area contributed by atoms with Gasteiger partial charge in [-0.05, 0) is 38.8 Å². The molecule has 1 aliphatic heterocycles.